The van der Waals surface area contributed by atoms with Gasteiger partial charge in [-0.25, -0.2) is 9.59 Å². The second-order valence-electron chi connectivity index (χ2n) is 5.53. The van der Waals surface area contributed by atoms with Gasteiger partial charge in [0.25, 0.3) is 5.91 Å². The Morgan fingerprint density at radius 2 is 1.60 bits per heavy atom. The summed E-state index contributed by atoms with van der Waals surface area (Å²) in [6, 6.07) is -0.396. The molecule has 2 N–H and O–H groups in total. The van der Waals surface area contributed by atoms with Crippen LogP contribution < -0.4 is 5.32 Å². The molecule has 2 saturated carbocycles. The molecule has 0 unspecified atom stereocenters. The van der Waals surface area contributed by atoms with Gasteiger partial charge in [-0.2, -0.15) is 0 Å². The Kier molecular flexibility index (Phi) is 4.94. The fourth-order valence-electron chi connectivity index (χ4n) is 1.93. The minimum atomic E-state index is -1.15. The van der Waals surface area contributed by atoms with Gasteiger partial charge in [-0.1, -0.05) is 0 Å². The van der Waals surface area contributed by atoms with E-state index < -0.39 is 31.1 Å². The molecule has 0 bridgehead atoms. The van der Waals surface area contributed by atoms with E-state index in [9.17, 15) is 14.4 Å². The Labute approximate surface area is 117 Å². The fraction of sp³-hybridized carbons (Fsp3) is 0.769. The highest BCUT2D eigenvalue weighted by Crippen LogP contribution is 2.33. The van der Waals surface area contributed by atoms with Gasteiger partial charge in [0.1, 0.15) is 13.2 Å². The number of carboxylic acid groups (broad SMARTS) is 1. The minimum absolute atomic E-state index is 0.396. The summed E-state index contributed by atoms with van der Waals surface area (Å²) in [6.45, 7) is 0.436. The van der Waals surface area contributed by atoms with Gasteiger partial charge in [-0.3, -0.25) is 10.1 Å². The lowest BCUT2D eigenvalue weighted by Crippen LogP contribution is -2.45. The van der Waals surface area contributed by atoms with Crippen LogP contribution in [-0.2, 0) is 14.3 Å². The standard InChI is InChI=1S/C13H20N2O5/c16-11(7-20-8-12(17)18)14-13(19)15(5-9-1-2-9)6-10-3-4-10/h9-10H,1-8H2,(H,17,18)(H,14,16,19). The molecule has 7 heteroatoms. The van der Waals surface area contributed by atoms with Crippen LogP contribution in [0.5, 0.6) is 0 Å². The quantitative estimate of drug-likeness (QED) is 0.674. The SMILES string of the molecule is O=C(O)COCC(=O)NC(=O)N(CC1CC1)CC1CC1. The van der Waals surface area contributed by atoms with Crippen LogP contribution in [0.2, 0.25) is 0 Å². The number of carboxylic acids is 1. The number of ether oxygens (including phenoxy) is 1. The van der Waals surface area contributed by atoms with E-state index in [4.69, 9.17) is 5.11 Å². The van der Waals surface area contributed by atoms with Crippen molar-refractivity contribution in [2.45, 2.75) is 25.7 Å². The number of urea groups is 1. The molecule has 0 spiro atoms. The van der Waals surface area contributed by atoms with Gasteiger partial charge < -0.3 is 14.7 Å². The largest absolute Gasteiger partial charge is 0.480 e. The predicted octanol–water partition coefficient (Wildman–Crippen LogP) is 0.446. The monoisotopic (exact) mass is 284 g/mol. The van der Waals surface area contributed by atoms with Crippen LogP contribution in [0.15, 0.2) is 0 Å². The lowest BCUT2D eigenvalue weighted by Gasteiger charge is -2.22. The van der Waals surface area contributed by atoms with Crippen molar-refractivity contribution in [3.63, 3.8) is 0 Å². The topological polar surface area (TPSA) is 95.9 Å². The van der Waals surface area contributed by atoms with E-state index in [0.29, 0.717) is 24.9 Å². The van der Waals surface area contributed by atoms with Gasteiger partial charge >= 0.3 is 12.0 Å². The van der Waals surface area contributed by atoms with Gasteiger partial charge in [0, 0.05) is 13.1 Å². The summed E-state index contributed by atoms with van der Waals surface area (Å²) in [7, 11) is 0. The zero-order chi connectivity index (χ0) is 14.5. The number of hydrogen-bond acceptors (Lipinski definition) is 4. The van der Waals surface area contributed by atoms with Crippen molar-refractivity contribution in [2.75, 3.05) is 26.3 Å². The molecular weight excluding hydrogens is 264 g/mol. The van der Waals surface area contributed by atoms with Crippen LogP contribution >= 0.6 is 0 Å². The molecule has 3 amide bonds. The van der Waals surface area contributed by atoms with Gasteiger partial charge in [0.05, 0.1) is 0 Å². The van der Waals surface area contributed by atoms with E-state index in [1.807, 2.05) is 0 Å². The molecule has 0 atom stereocenters. The Hall–Kier alpha value is -1.63. The molecular formula is C13H20N2O5. The van der Waals surface area contributed by atoms with Crippen molar-refractivity contribution in [1.82, 2.24) is 10.2 Å². The van der Waals surface area contributed by atoms with Crippen LogP contribution in [0.1, 0.15) is 25.7 Å². The predicted molar refractivity (Wildman–Crippen MR) is 69.0 cm³/mol. The third-order valence-electron chi connectivity index (χ3n) is 3.34. The Morgan fingerprint density at radius 1 is 1.05 bits per heavy atom. The van der Waals surface area contributed by atoms with Crippen molar-refractivity contribution >= 4 is 17.9 Å². The van der Waals surface area contributed by atoms with Crippen molar-refractivity contribution in [3.05, 3.63) is 0 Å². The first kappa shape index (κ1) is 14.8. The number of carbonyl (C=O) groups is 3. The van der Waals surface area contributed by atoms with E-state index in [1.54, 1.807) is 4.90 Å². The molecule has 112 valence electrons. The van der Waals surface area contributed by atoms with Crippen LogP contribution in [0.4, 0.5) is 4.79 Å². The molecule has 0 saturated heterocycles. The van der Waals surface area contributed by atoms with Crippen LogP contribution in [0, 0.1) is 11.8 Å². The average molecular weight is 284 g/mol. The smallest absolute Gasteiger partial charge is 0.329 e. The summed E-state index contributed by atoms with van der Waals surface area (Å²) in [5.41, 5.74) is 0. The van der Waals surface area contributed by atoms with Crippen LogP contribution in [0.3, 0.4) is 0 Å². The lowest BCUT2D eigenvalue weighted by atomic mass is 10.3. The first-order valence-corrected chi connectivity index (χ1v) is 6.93. The fourth-order valence-corrected chi connectivity index (χ4v) is 1.93. The first-order valence-electron chi connectivity index (χ1n) is 6.93. The van der Waals surface area contributed by atoms with E-state index >= 15 is 0 Å². The summed E-state index contributed by atoms with van der Waals surface area (Å²) in [5.74, 6) is -0.614. The second kappa shape index (κ2) is 6.69. The maximum Gasteiger partial charge on any atom is 0.329 e. The molecule has 2 aliphatic carbocycles. The summed E-state index contributed by atoms with van der Waals surface area (Å²) in [5, 5.41) is 10.6. The molecule has 0 aromatic heterocycles. The van der Waals surface area contributed by atoms with E-state index in [1.165, 1.54) is 0 Å². The average Bonchev–Trinajstić information content (AvgIpc) is 3.22. The Bertz CT molecular complexity index is 376. The number of amides is 3. The third-order valence-corrected chi connectivity index (χ3v) is 3.34. The molecule has 0 radical (unpaired) electrons. The van der Waals surface area contributed by atoms with E-state index in [-0.39, 0.29) is 0 Å². The van der Waals surface area contributed by atoms with Gasteiger partial charge in [0.2, 0.25) is 0 Å². The zero-order valence-corrected chi connectivity index (χ0v) is 11.3. The van der Waals surface area contributed by atoms with Crippen LogP contribution in [-0.4, -0.2) is 54.2 Å². The minimum Gasteiger partial charge on any atom is -0.480 e. The van der Waals surface area contributed by atoms with Crippen LogP contribution in [0.25, 0.3) is 0 Å². The number of imide groups is 1. The summed E-state index contributed by atoms with van der Waals surface area (Å²) >= 11 is 0. The molecule has 20 heavy (non-hydrogen) atoms. The van der Waals surface area contributed by atoms with E-state index in [0.717, 1.165) is 25.7 Å². The van der Waals surface area contributed by atoms with E-state index in [2.05, 4.69) is 10.1 Å². The Morgan fingerprint density at radius 3 is 2.05 bits per heavy atom. The summed E-state index contributed by atoms with van der Waals surface area (Å²) < 4.78 is 4.64. The Balaban J connectivity index is 1.71. The summed E-state index contributed by atoms with van der Waals surface area (Å²) in [4.78, 5) is 35.4. The maximum atomic E-state index is 12.0. The molecule has 2 aliphatic rings. The lowest BCUT2D eigenvalue weighted by molar-refractivity contribution is -0.143. The molecule has 0 aliphatic heterocycles. The number of aliphatic carboxylic acids is 1. The van der Waals surface area contributed by atoms with Crippen molar-refractivity contribution < 1.29 is 24.2 Å². The van der Waals surface area contributed by atoms with Crippen molar-refractivity contribution in [2.24, 2.45) is 11.8 Å². The first-order chi connectivity index (χ1) is 9.54. The molecule has 0 heterocycles. The maximum absolute atomic E-state index is 12.0. The number of rotatable bonds is 8. The molecule has 0 aromatic carbocycles. The van der Waals surface area contributed by atoms with Crippen molar-refractivity contribution in [1.29, 1.82) is 0 Å². The third kappa shape index (κ3) is 5.56. The van der Waals surface area contributed by atoms with Crippen molar-refractivity contribution in [3.8, 4) is 0 Å². The molecule has 0 aromatic rings. The number of hydrogen-bond donors (Lipinski definition) is 2. The highest BCUT2D eigenvalue weighted by Gasteiger charge is 2.31. The second-order valence-corrected chi connectivity index (χ2v) is 5.53. The zero-order valence-electron chi connectivity index (χ0n) is 11.3. The molecule has 2 fully saturated rings. The normalized spacial score (nSPS) is 17.6. The van der Waals surface area contributed by atoms with Gasteiger partial charge in [-0.05, 0) is 37.5 Å². The summed E-state index contributed by atoms with van der Waals surface area (Å²) in [6.07, 6.45) is 4.57. The highest BCUT2D eigenvalue weighted by molar-refractivity contribution is 5.95. The van der Waals surface area contributed by atoms with Gasteiger partial charge in [0.15, 0.2) is 0 Å². The highest BCUT2D eigenvalue weighted by atomic mass is 16.5. The van der Waals surface area contributed by atoms with Gasteiger partial charge in [-0.15, -0.1) is 0 Å². The number of nitrogens with zero attached hydrogens (tertiary/aromatic N) is 1. The molecule has 7 nitrogen and oxygen atoms in total. The number of carbonyl (C=O) groups excluding carboxylic acids is 2. The number of nitrogens with one attached hydrogen (secondary N) is 1. The molecule has 2 rings (SSSR count).